The molecule has 1 aromatic heterocycles. The summed E-state index contributed by atoms with van der Waals surface area (Å²) in [7, 11) is -1.94. The molecule has 1 amide bonds. The number of hydrogen-bond acceptors (Lipinski definition) is 5. The third-order valence-electron chi connectivity index (χ3n) is 3.30. The zero-order chi connectivity index (χ0) is 17.4. The lowest BCUT2D eigenvalue weighted by Crippen LogP contribution is -2.29. The van der Waals surface area contributed by atoms with E-state index in [4.69, 9.17) is 4.84 Å². The Labute approximate surface area is 146 Å². The van der Waals surface area contributed by atoms with Crippen molar-refractivity contribution in [1.29, 1.82) is 0 Å². The largest absolute Gasteiger partial charge is 0.273 e. The maximum absolute atomic E-state index is 12.2. The molecule has 0 bridgehead atoms. The van der Waals surface area contributed by atoms with Crippen LogP contribution in [0, 0.1) is 0 Å². The minimum atomic E-state index is -3.46. The number of nitrogens with one attached hydrogen (secondary N) is 1. The van der Waals surface area contributed by atoms with Crippen molar-refractivity contribution in [3.8, 4) is 0 Å². The monoisotopic (exact) mass is 368 g/mol. The molecule has 0 aliphatic heterocycles. The summed E-state index contributed by atoms with van der Waals surface area (Å²) < 4.78 is 26.0. The third kappa shape index (κ3) is 5.41. The van der Waals surface area contributed by atoms with E-state index in [-0.39, 0.29) is 18.9 Å². The van der Waals surface area contributed by atoms with Gasteiger partial charge in [0.05, 0.1) is 6.61 Å². The maximum Gasteiger partial charge on any atom is 0.252 e. The highest BCUT2D eigenvalue weighted by molar-refractivity contribution is 7.91. The lowest BCUT2D eigenvalue weighted by Gasteiger charge is -2.15. The van der Waals surface area contributed by atoms with Gasteiger partial charge in [0.25, 0.3) is 10.0 Å². The van der Waals surface area contributed by atoms with Gasteiger partial charge in [-0.15, -0.1) is 11.3 Å². The number of benzene rings is 1. The smallest absolute Gasteiger partial charge is 0.252 e. The molecule has 0 fully saturated rings. The molecule has 130 valence electrons. The quantitative estimate of drug-likeness (QED) is 0.690. The highest BCUT2D eigenvalue weighted by Crippen LogP contribution is 2.19. The van der Waals surface area contributed by atoms with Crippen molar-refractivity contribution in [3.05, 3.63) is 53.4 Å². The van der Waals surface area contributed by atoms with E-state index in [9.17, 15) is 13.2 Å². The minimum Gasteiger partial charge on any atom is -0.273 e. The van der Waals surface area contributed by atoms with Crippen LogP contribution in [0.15, 0.2) is 52.1 Å². The minimum absolute atomic E-state index is 0.194. The zero-order valence-corrected chi connectivity index (χ0v) is 15.0. The molecule has 0 saturated carbocycles. The summed E-state index contributed by atoms with van der Waals surface area (Å²) in [6.07, 6.45) is 0.612. The molecule has 2 rings (SSSR count). The Kier molecular flexibility index (Phi) is 6.92. The van der Waals surface area contributed by atoms with E-state index in [0.717, 1.165) is 5.56 Å². The van der Waals surface area contributed by atoms with Gasteiger partial charge in [-0.2, -0.15) is 0 Å². The van der Waals surface area contributed by atoms with Gasteiger partial charge in [0.2, 0.25) is 5.91 Å². The van der Waals surface area contributed by atoms with Crippen molar-refractivity contribution < 1.29 is 18.0 Å². The molecule has 0 spiro atoms. The SMILES string of the molecule is CN(CCCC(=O)NOCc1ccccc1)S(=O)(=O)c1cccs1. The number of rotatable bonds is 9. The Morgan fingerprint density at radius 1 is 1.21 bits per heavy atom. The molecule has 1 heterocycles. The summed E-state index contributed by atoms with van der Waals surface area (Å²) >= 11 is 1.18. The van der Waals surface area contributed by atoms with Gasteiger partial charge in [-0.25, -0.2) is 18.2 Å². The lowest BCUT2D eigenvalue weighted by atomic mass is 10.2. The van der Waals surface area contributed by atoms with Crippen LogP contribution in [0.4, 0.5) is 0 Å². The summed E-state index contributed by atoms with van der Waals surface area (Å²) in [5.41, 5.74) is 3.32. The Morgan fingerprint density at radius 2 is 1.96 bits per heavy atom. The fraction of sp³-hybridized carbons (Fsp3) is 0.312. The molecule has 1 aromatic carbocycles. The molecular weight excluding hydrogens is 348 g/mol. The normalized spacial score (nSPS) is 11.6. The molecule has 0 unspecified atom stereocenters. The van der Waals surface area contributed by atoms with Crippen LogP contribution in [0.1, 0.15) is 18.4 Å². The number of sulfonamides is 1. The predicted octanol–water partition coefficient (Wildman–Crippen LogP) is 2.40. The number of amides is 1. The number of thiophene rings is 1. The van der Waals surface area contributed by atoms with Crippen molar-refractivity contribution in [2.24, 2.45) is 0 Å². The average Bonchev–Trinajstić information content (AvgIpc) is 3.11. The van der Waals surface area contributed by atoms with Crippen molar-refractivity contribution in [2.45, 2.75) is 23.7 Å². The summed E-state index contributed by atoms with van der Waals surface area (Å²) in [5.74, 6) is -0.271. The van der Waals surface area contributed by atoms with Gasteiger partial charge in [-0.05, 0) is 23.4 Å². The van der Waals surface area contributed by atoms with Gasteiger partial charge >= 0.3 is 0 Å². The number of hydroxylamine groups is 1. The van der Waals surface area contributed by atoms with Crippen LogP contribution in [0.25, 0.3) is 0 Å². The molecule has 1 N–H and O–H groups in total. The fourth-order valence-corrected chi connectivity index (χ4v) is 4.38. The number of carbonyl (C=O) groups is 1. The van der Waals surface area contributed by atoms with E-state index in [2.05, 4.69) is 5.48 Å². The second-order valence-electron chi connectivity index (χ2n) is 5.16. The van der Waals surface area contributed by atoms with Crippen LogP contribution in [0.3, 0.4) is 0 Å². The predicted molar refractivity (Wildman–Crippen MR) is 92.7 cm³/mol. The Balaban J connectivity index is 1.67. The number of carbonyl (C=O) groups excluding carboxylic acids is 1. The summed E-state index contributed by atoms with van der Waals surface area (Å²) in [4.78, 5) is 16.8. The Morgan fingerprint density at radius 3 is 2.62 bits per heavy atom. The van der Waals surface area contributed by atoms with Crippen LogP contribution in [0.5, 0.6) is 0 Å². The van der Waals surface area contributed by atoms with Gasteiger partial charge in [0.15, 0.2) is 0 Å². The third-order valence-corrected chi connectivity index (χ3v) is 6.53. The van der Waals surface area contributed by atoms with Gasteiger partial charge < -0.3 is 0 Å². The summed E-state index contributed by atoms with van der Waals surface area (Å²) in [6.45, 7) is 0.561. The first-order valence-electron chi connectivity index (χ1n) is 7.44. The maximum atomic E-state index is 12.2. The molecule has 6 nitrogen and oxygen atoms in total. The Bertz CT molecular complexity index is 731. The standard InChI is InChI=1S/C16H20N2O4S2/c1-18(24(20,21)16-10-6-12-23-16)11-5-9-15(19)17-22-13-14-7-3-2-4-8-14/h2-4,6-8,10,12H,5,9,11,13H2,1H3,(H,17,19). The topological polar surface area (TPSA) is 75.7 Å². The van der Waals surface area contributed by atoms with Crippen LogP contribution < -0.4 is 5.48 Å². The van der Waals surface area contributed by atoms with E-state index < -0.39 is 10.0 Å². The molecule has 0 aliphatic carbocycles. The first kappa shape index (κ1) is 18.6. The number of hydrogen-bond donors (Lipinski definition) is 1. The second-order valence-corrected chi connectivity index (χ2v) is 8.38. The van der Waals surface area contributed by atoms with Gasteiger partial charge in [0, 0.05) is 20.0 Å². The van der Waals surface area contributed by atoms with Crippen molar-refractivity contribution in [3.63, 3.8) is 0 Å². The van der Waals surface area contributed by atoms with E-state index in [1.165, 1.54) is 22.7 Å². The molecule has 0 atom stereocenters. The van der Waals surface area contributed by atoms with E-state index >= 15 is 0 Å². The number of nitrogens with zero attached hydrogens (tertiary/aromatic N) is 1. The molecule has 2 aromatic rings. The second kappa shape index (κ2) is 8.93. The van der Waals surface area contributed by atoms with E-state index in [0.29, 0.717) is 17.2 Å². The van der Waals surface area contributed by atoms with Crippen molar-refractivity contribution in [1.82, 2.24) is 9.79 Å². The van der Waals surface area contributed by atoms with Crippen LogP contribution >= 0.6 is 11.3 Å². The van der Waals surface area contributed by atoms with Crippen LogP contribution in [0.2, 0.25) is 0 Å². The van der Waals surface area contributed by atoms with Crippen LogP contribution in [-0.4, -0.2) is 32.2 Å². The van der Waals surface area contributed by atoms with Crippen molar-refractivity contribution in [2.75, 3.05) is 13.6 Å². The molecular formula is C16H20N2O4S2. The van der Waals surface area contributed by atoms with Crippen molar-refractivity contribution >= 4 is 27.3 Å². The van der Waals surface area contributed by atoms with Gasteiger partial charge in [-0.3, -0.25) is 9.63 Å². The first-order chi connectivity index (χ1) is 11.5. The molecule has 0 saturated heterocycles. The summed E-state index contributed by atoms with van der Waals surface area (Å²) in [6, 6.07) is 12.8. The average molecular weight is 368 g/mol. The molecule has 24 heavy (non-hydrogen) atoms. The molecule has 0 radical (unpaired) electrons. The van der Waals surface area contributed by atoms with Crippen LogP contribution in [-0.2, 0) is 26.3 Å². The molecule has 8 heteroatoms. The highest BCUT2D eigenvalue weighted by Gasteiger charge is 2.21. The van der Waals surface area contributed by atoms with Gasteiger partial charge in [0.1, 0.15) is 4.21 Å². The zero-order valence-electron chi connectivity index (χ0n) is 13.3. The summed E-state index contributed by atoms with van der Waals surface area (Å²) in [5, 5.41) is 1.72. The fourth-order valence-electron chi connectivity index (χ4n) is 1.97. The molecule has 0 aliphatic rings. The van der Waals surface area contributed by atoms with E-state index in [1.54, 1.807) is 17.5 Å². The van der Waals surface area contributed by atoms with E-state index in [1.807, 2.05) is 30.3 Å². The lowest BCUT2D eigenvalue weighted by molar-refractivity contribution is -0.134. The highest BCUT2D eigenvalue weighted by atomic mass is 32.2. The Hall–Kier alpha value is -1.74. The first-order valence-corrected chi connectivity index (χ1v) is 9.76. The van der Waals surface area contributed by atoms with Gasteiger partial charge in [-0.1, -0.05) is 36.4 Å².